The lowest BCUT2D eigenvalue weighted by atomic mass is 10.0. The number of hydrogen-bond acceptors (Lipinski definition) is 3. The molecule has 2 N–H and O–H groups in total. The van der Waals surface area contributed by atoms with Crippen molar-refractivity contribution >= 4 is 32.9 Å². The van der Waals surface area contributed by atoms with E-state index in [0.717, 1.165) is 12.1 Å². The lowest BCUT2D eigenvalue weighted by Crippen LogP contribution is -2.35. The molecule has 0 radical (unpaired) electrons. The molecule has 3 atom stereocenters. The fourth-order valence-electron chi connectivity index (χ4n) is 5.35. The number of aromatic nitrogens is 4. The zero-order chi connectivity index (χ0) is 26.9. The highest BCUT2D eigenvalue weighted by Gasteiger charge is 2.67. The largest absolute Gasteiger partial charge is 0.360 e. The third-order valence-electron chi connectivity index (χ3n) is 7.00. The molecule has 38 heavy (non-hydrogen) atoms. The lowest BCUT2D eigenvalue weighted by Gasteiger charge is -2.21. The Morgan fingerprint density at radius 3 is 2.63 bits per heavy atom. The van der Waals surface area contributed by atoms with Gasteiger partial charge in [0.2, 0.25) is 5.91 Å². The number of hydrogen-bond donors (Lipinski definition) is 2. The molecule has 0 spiro atoms. The summed E-state index contributed by atoms with van der Waals surface area (Å²) in [6, 6.07) is 5.37. The molecule has 1 amide bonds. The van der Waals surface area contributed by atoms with Gasteiger partial charge in [0.25, 0.3) is 12.3 Å². The van der Waals surface area contributed by atoms with Gasteiger partial charge in [-0.05, 0) is 64.5 Å². The molecule has 1 aromatic carbocycles. The van der Waals surface area contributed by atoms with E-state index >= 15 is 0 Å². The highest BCUT2D eigenvalue weighted by Crippen LogP contribution is 2.68. The number of H-pyrrole nitrogens is 1. The van der Waals surface area contributed by atoms with Crippen LogP contribution in [0.15, 0.2) is 41.0 Å². The molecule has 198 valence electrons. The molecule has 13 heteroatoms. The number of benzene rings is 1. The molecular weight excluding hydrogens is 580 g/mol. The van der Waals surface area contributed by atoms with Gasteiger partial charge in [0.05, 0.1) is 22.8 Å². The first-order valence-corrected chi connectivity index (χ1v) is 12.5. The molecule has 0 aliphatic heterocycles. The van der Waals surface area contributed by atoms with Crippen molar-refractivity contribution < 1.29 is 31.1 Å². The van der Waals surface area contributed by atoms with E-state index in [9.17, 15) is 31.1 Å². The fourth-order valence-corrected chi connectivity index (χ4v) is 5.94. The summed E-state index contributed by atoms with van der Waals surface area (Å²) in [6.07, 6.45) is -1.40. The van der Waals surface area contributed by atoms with Gasteiger partial charge in [0.15, 0.2) is 0 Å². The van der Waals surface area contributed by atoms with Crippen molar-refractivity contribution in [3.63, 3.8) is 0 Å². The minimum Gasteiger partial charge on any atom is -0.360 e. The summed E-state index contributed by atoms with van der Waals surface area (Å²) >= 11 is 3.41. The van der Waals surface area contributed by atoms with Crippen molar-refractivity contribution in [2.45, 2.75) is 43.7 Å². The Hall–Kier alpha value is -3.35. The van der Waals surface area contributed by atoms with E-state index in [1.165, 1.54) is 0 Å². The molecule has 0 saturated heterocycles. The van der Waals surface area contributed by atoms with Crippen LogP contribution >= 0.6 is 15.9 Å². The van der Waals surface area contributed by atoms with E-state index in [1.807, 2.05) is 0 Å². The van der Waals surface area contributed by atoms with Gasteiger partial charge in [0, 0.05) is 28.2 Å². The Bertz CT molecular complexity index is 1560. The number of carbonyl (C=O) groups excluding carboxylic acids is 1. The van der Waals surface area contributed by atoms with E-state index in [2.05, 4.69) is 36.3 Å². The van der Waals surface area contributed by atoms with Crippen LogP contribution in [0, 0.1) is 17.6 Å². The minimum atomic E-state index is -3.37. The molecule has 3 heterocycles. The SMILES string of the molecule is O=C(Cn1nc(C(F)F)c2c1C(F)(F)[C@@H]1C[C@H]21)N[C@H](Cc1cc(F)cc(F)c1)c1nc2cc[nH]c2cc1Br. The van der Waals surface area contributed by atoms with Gasteiger partial charge in [-0.2, -0.15) is 13.9 Å². The summed E-state index contributed by atoms with van der Waals surface area (Å²) in [5.74, 6) is -7.56. The van der Waals surface area contributed by atoms with Gasteiger partial charge >= 0.3 is 0 Å². The maximum Gasteiger partial charge on any atom is 0.293 e. The normalized spacial score (nSPS) is 20.0. The second-order valence-electron chi connectivity index (χ2n) is 9.55. The van der Waals surface area contributed by atoms with Crippen LogP contribution in [-0.4, -0.2) is 25.7 Å². The molecule has 4 aromatic rings. The van der Waals surface area contributed by atoms with Crippen LogP contribution in [0.2, 0.25) is 0 Å². The number of nitrogens with zero attached hydrogens (tertiary/aromatic N) is 3. The number of fused-ring (bicyclic) bond motifs is 4. The van der Waals surface area contributed by atoms with Crippen molar-refractivity contribution in [1.29, 1.82) is 0 Å². The predicted molar refractivity (Wildman–Crippen MR) is 127 cm³/mol. The quantitative estimate of drug-likeness (QED) is 0.255. The molecule has 2 aliphatic rings. The summed E-state index contributed by atoms with van der Waals surface area (Å²) in [6.45, 7) is -0.748. The predicted octanol–water partition coefficient (Wildman–Crippen LogP) is 6.05. The van der Waals surface area contributed by atoms with Crippen LogP contribution in [0.5, 0.6) is 0 Å². The summed E-state index contributed by atoms with van der Waals surface area (Å²) in [7, 11) is 0. The Morgan fingerprint density at radius 2 is 1.92 bits per heavy atom. The Kier molecular flexibility index (Phi) is 5.82. The molecule has 1 saturated carbocycles. The Morgan fingerprint density at radius 1 is 1.18 bits per heavy atom. The van der Waals surface area contributed by atoms with Crippen LogP contribution in [0.1, 0.15) is 53.0 Å². The topological polar surface area (TPSA) is 75.6 Å². The molecule has 1 fully saturated rings. The zero-order valence-electron chi connectivity index (χ0n) is 19.3. The average Bonchev–Trinajstić information content (AvgIpc) is 3.24. The summed E-state index contributed by atoms with van der Waals surface area (Å²) in [5.41, 5.74) is 0.223. The first kappa shape index (κ1) is 25.0. The molecule has 6 nitrogen and oxygen atoms in total. The second-order valence-corrected chi connectivity index (χ2v) is 10.4. The van der Waals surface area contributed by atoms with Crippen molar-refractivity contribution in [3.05, 3.63) is 80.8 Å². The van der Waals surface area contributed by atoms with Crippen molar-refractivity contribution in [2.24, 2.45) is 5.92 Å². The summed E-state index contributed by atoms with van der Waals surface area (Å²) in [4.78, 5) is 20.7. The summed E-state index contributed by atoms with van der Waals surface area (Å²) < 4.78 is 85.9. The zero-order valence-corrected chi connectivity index (χ0v) is 20.9. The van der Waals surface area contributed by atoms with Gasteiger partial charge in [-0.1, -0.05) is 0 Å². The lowest BCUT2D eigenvalue weighted by molar-refractivity contribution is -0.123. The number of aromatic amines is 1. The number of amides is 1. The van der Waals surface area contributed by atoms with Crippen molar-refractivity contribution in [1.82, 2.24) is 25.1 Å². The maximum absolute atomic E-state index is 14.9. The molecular formula is C25H18BrF6N5O. The van der Waals surface area contributed by atoms with Crippen LogP contribution in [0.25, 0.3) is 11.0 Å². The molecule has 0 bridgehead atoms. The van der Waals surface area contributed by atoms with Crippen molar-refractivity contribution in [3.8, 4) is 0 Å². The average molecular weight is 598 g/mol. The van der Waals surface area contributed by atoms with E-state index in [4.69, 9.17) is 0 Å². The number of rotatable bonds is 7. The monoisotopic (exact) mass is 597 g/mol. The van der Waals surface area contributed by atoms with Gasteiger partial charge in [-0.15, -0.1) is 0 Å². The fraction of sp³-hybridized carbons (Fsp3) is 0.320. The van der Waals surface area contributed by atoms with E-state index < -0.39 is 65.7 Å². The van der Waals surface area contributed by atoms with Crippen LogP contribution in [0.4, 0.5) is 26.3 Å². The Labute approximate surface area is 219 Å². The maximum atomic E-state index is 14.9. The van der Waals surface area contributed by atoms with Gasteiger partial charge in [-0.25, -0.2) is 22.5 Å². The first-order valence-electron chi connectivity index (χ1n) is 11.7. The Balaban J connectivity index is 1.33. The highest BCUT2D eigenvalue weighted by molar-refractivity contribution is 9.10. The second kappa shape index (κ2) is 8.85. The number of pyridine rings is 1. The minimum absolute atomic E-state index is 0.0955. The van der Waals surface area contributed by atoms with Crippen molar-refractivity contribution in [2.75, 3.05) is 0 Å². The number of carbonyl (C=O) groups is 1. The van der Waals surface area contributed by atoms with Gasteiger partial charge < -0.3 is 10.3 Å². The first-order chi connectivity index (χ1) is 18.0. The van der Waals surface area contributed by atoms with Crippen LogP contribution < -0.4 is 5.32 Å². The highest BCUT2D eigenvalue weighted by atomic mass is 79.9. The van der Waals surface area contributed by atoms with Gasteiger partial charge in [0.1, 0.15) is 29.6 Å². The third kappa shape index (κ3) is 4.16. The summed E-state index contributed by atoms with van der Waals surface area (Å²) in [5, 5.41) is 6.35. The van der Waals surface area contributed by atoms with E-state index in [0.29, 0.717) is 31.9 Å². The smallest absolute Gasteiger partial charge is 0.293 e. The van der Waals surface area contributed by atoms with E-state index in [-0.39, 0.29) is 24.0 Å². The van der Waals surface area contributed by atoms with Crippen LogP contribution in [-0.2, 0) is 23.7 Å². The third-order valence-corrected chi connectivity index (χ3v) is 7.64. The standard InChI is InChI=1S/C25H18BrF6N5O/c26-15-8-17-16(1-2-33-17)35-21(15)18(5-10-3-11(27)6-12(28)4-10)34-19(38)9-37-23-20(22(36-37)24(29)30)13-7-14(13)25(23,31)32/h1-4,6,8,13-14,18,24,33H,5,7,9H2,(H,34,38)/t13-,14+,18+/m0/s1. The van der Waals surface area contributed by atoms with Gasteiger partial charge in [-0.3, -0.25) is 9.48 Å². The number of halogens is 7. The molecule has 6 rings (SSSR count). The molecule has 3 aromatic heterocycles. The molecule has 0 unspecified atom stereocenters. The van der Waals surface area contributed by atoms with E-state index in [1.54, 1.807) is 18.3 Å². The van der Waals surface area contributed by atoms with Crippen LogP contribution in [0.3, 0.4) is 0 Å². The number of alkyl halides is 4. The molecule has 2 aliphatic carbocycles. The number of nitrogens with one attached hydrogen (secondary N) is 2.